The summed E-state index contributed by atoms with van der Waals surface area (Å²) >= 11 is 0. The molecule has 1 aromatic carbocycles. The van der Waals surface area contributed by atoms with Gasteiger partial charge in [0.25, 0.3) is 0 Å². The third kappa shape index (κ3) is 4.82. The van der Waals surface area contributed by atoms with Gasteiger partial charge in [-0.05, 0) is 26.3 Å². The number of esters is 1. The van der Waals surface area contributed by atoms with Gasteiger partial charge >= 0.3 is 5.97 Å². The van der Waals surface area contributed by atoms with E-state index in [1.807, 2.05) is 31.2 Å². The summed E-state index contributed by atoms with van der Waals surface area (Å²) in [6.07, 6.45) is 2.28. The zero-order valence-electron chi connectivity index (χ0n) is 12.7. The molecule has 1 aromatic rings. The first-order valence-corrected chi connectivity index (χ1v) is 7.17. The van der Waals surface area contributed by atoms with E-state index in [1.54, 1.807) is 0 Å². The Morgan fingerprint density at radius 3 is 2.55 bits per heavy atom. The molecule has 0 unspecified atom stereocenters. The maximum Gasteiger partial charge on any atom is 0.307 e. The van der Waals surface area contributed by atoms with Crippen LogP contribution in [0.25, 0.3) is 0 Å². The number of carbonyl (C=O) groups excluding carboxylic acids is 1. The van der Waals surface area contributed by atoms with Crippen molar-refractivity contribution in [1.82, 2.24) is 4.90 Å². The number of carbonyl (C=O) groups is 1. The van der Waals surface area contributed by atoms with Gasteiger partial charge in [0.15, 0.2) is 0 Å². The molecule has 3 heteroatoms. The van der Waals surface area contributed by atoms with Crippen molar-refractivity contribution >= 4 is 5.97 Å². The van der Waals surface area contributed by atoms with E-state index in [-0.39, 0.29) is 18.1 Å². The predicted octanol–water partition coefficient (Wildman–Crippen LogP) is 3.58. The highest BCUT2D eigenvalue weighted by atomic mass is 16.5. The van der Waals surface area contributed by atoms with Gasteiger partial charge in [-0.1, -0.05) is 36.4 Å². The molecule has 0 amide bonds. The molecular weight excluding hydrogens is 250 g/mol. The Balaban J connectivity index is 2.77. The minimum Gasteiger partial charge on any atom is -0.466 e. The topological polar surface area (TPSA) is 29.5 Å². The summed E-state index contributed by atoms with van der Waals surface area (Å²) in [5.41, 5.74) is 1.24. The van der Waals surface area contributed by atoms with Crippen molar-refractivity contribution < 1.29 is 9.53 Å². The molecule has 0 aliphatic rings. The normalized spacial score (nSPS) is 13.8. The van der Waals surface area contributed by atoms with Crippen LogP contribution in [0.4, 0.5) is 0 Å². The molecule has 1 rings (SSSR count). The summed E-state index contributed by atoms with van der Waals surface area (Å²) in [6, 6.07) is 10.6. The molecule has 0 fully saturated rings. The summed E-state index contributed by atoms with van der Waals surface area (Å²) in [5.74, 6) is -0.144. The van der Waals surface area contributed by atoms with Gasteiger partial charge < -0.3 is 4.74 Å². The number of hydrogen-bond acceptors (Lipinski definition) is 3. The molecule has 0 spiro atoms. The van der Waals surface area contributed by atoms with E-state index in [9.17, 15) is 4.79 Å². The molecule has 0 aliphatic carbocycles. The first-order valence-electron chi connectivity index (χ1n) is 7.17. The maximum atomic E-state index is 11.6. The molecule has 0 aliphatic heterocycles. The van der Waals surface area contributed by atoms with Crippen molar-refractivity contribution in [2.75, 3.05) is 13.2 Å². The minimum absolute atomic E-state index is 0.113. The van der Waals surface area contributed by atoms with Crippen molar-refractivity contribution in [3.05, 3.63) is 48.6 Å². The molecule has 0 saturated carbocycles. The van der Waals surface area contributed by atoms with Crippen molar-refractivity contribution in [3.63, 3.8) is 0 Å². The molecule has 0 aromatic heterocycles. The van der Waals surface area contributed by atoms with E-state index >= 15 is 0 Å². The van der Waals surface area contributed by atoms with Crippen LogP contribution in [0.2, 0.25) is 0 Å². The van der Waals surface area contributed by atoms with E-state index in [0.29, 0.717) is 13.0 Å². The number of hydrogen-bond donors (Lipinski definition) is 0. The smallest absolute Gasteiger partial charge is 0.307 e. The minimum atomic E-state index is -0.144. The van der Waals surface area contributed by atoms with E-state index < -0.39 is 0 Å². The lowest BCUT2D eigenvalue weighted by Gasteiger charge is -2.33. The molecule has 0 N–H and O–H groups in total. The highest BCUT2D eigenvalue weighted by Crippen LogP contribution is 2.23. The summed E-state index contributed by atoms with van der Waals surface area (Å²) in [7, 11) is 0. The van der Waals surface area contributed by atoms with Gasteiger partial charge in [0.2, 0.25) is 0 Å². The van der Waals surface area contributed by atoms with Gasteiger partial charge in [0.1, 0.15) is 0 Å². The van der Waals surface area contributed by atoms with Crippen molar-refractivity contribution in [3.8, 4) is 0 Å². The van der Waals surface area contributed by atoms with Crippen LogP contribution in [-0.4, -0.2) is 30.1 Å². The summed E-state index contributed by atoms with van der Waals surface area (Å²) in [5, 5.41) is 0. The third-order valence-electron chi connectivity index (χ3n) is 3.45. The summed E-state index contributed by atoms with van der Waals surface area (Å²) in [4.78, 5) is 13.9. The molecule has 3 nitrogen and oxygen atoms in total. The van der Waals surface area contributed by atoms with E-state index in [1.165, 1.54) is 5.56 Å². The fourth-order valence-electron chi connectivity index (χ4n) is 2.37. The first-order chi connectivity index (χ1) is 9.60. The largest absolute Gasteiger partial charge is 0.466 e. The summed E-state index contributed by atoms with van der Waals surface area (Å²) < 4.78 is 5.03. The SMILES string of the molecule is C=CCN([C@@H](C)CC(=O)OCC)[C@@H](C)c1ccccc1. The standard InChI is InChI=1S/C17H25NO2/c1-5-12-18(14(3)13-17(19)20-6-2)15(4)16-10-8-7-9-11-16/h5,7-11,14-15H,1,6,12-13H2,2-4H3/t14-,15-/m0/s1. The molecule has 0 bridgehead atoms. The van der Waals surface area contributed by atoms with Crippen molar-refractivity contribution in [1.29, 1.82) is 0 Å². The number of ether oxygens (including phenoxy) is 1. The van der Waals surface area contributed by atoms with Crippen LogP contribution >= 0.6 is 0 Å². The second-order valence-corrected chi connectivity index (χ2v) is 4.93. The van der Waals surface area contributed by atoms with Crippen LogP contribution < -0.4 is 0 Å². The Labute approximate surface area is 122 Å². The molecule has 0 saturated heterocycles. The van der Waals surface area contributed by atoms with Gasteiger partial charge in [-0.25, -0.2) is 0 Å². The molecule has 0 radical (unpaired) electrons. The highest BCUT2D eigenvalue weighted by molar-refractivity contribution is 5.70. The molecular formula is C17H25NO2. The Morgan fingerprint density at radius 2 is 2.00 bits per heavy atom. The van der Waals surface area contributed by atoms with E-state index in [4.69, 9.17) is 4.74 Å². The van der Waals surface area contributed by atoms with Crippen LogP contribution in [0.5, 0.6) is 0 Å². The highest BCUT2D eigenvalue weighted by Gasteiger charge is 2.22. The van der Waals surface area contributed by atoms with Crippen LogP contribution in [0.1, 0.15) is 38.8 Å². The third-order valence-corrected chi connectivity index (χ3v) is 3.45. The average Bonchev–Trinajstić information content (AvgIpc) is 2.45. The fourth-order valence-corrected chi connectivity index (χ4v) is 2.37. The van der Waals surface area contributed by atoms with Gasteiger partial charge in [-0.3, -0.25) is 9.69 Å². The number of benzene rings is 1. The van der Waals surface area contributed by atoms with Crippen LogP contribution in [0.15, 0.2) is 43.0 Å². The molecule has 2 atom stereocenters. The average molecular weight is 275 g/mol. The fraction of sp³-hybridized carbons (Fsp3) is 0.471. The van der Waals surface area contributed by atoms with E-state index in [0.717, 1.165) is 6.54 Å². The zero-order chi connectivity index (χ0) is 15.0. The first kappa shape index (κ1) is 16.4. The Kier molecular flexibility index (Phi) is 7.02. The lowest BCUT2D eigenvalue weighted by atomic mass is 10.0. The zero-order valence-corrected chi connectivity index (χ0v) is 12.7. The lowest BCUT2D eigenvalue weighted by Crippen LogP contribution is -2.37. The molecule has 110 valence electrons. The van der Waals surface area contributed by atoms with Crippen LogP contribution in [-0.2, 0) is 9.53 Å². The Morgan fingerprint density at radius 1 is 1.35 bits per heavy atom. The van der Waals surface area contributed by atoms with Gasteiger partial charge in [-0.15, -0.1) is 6.58 Å². The van der Waals surface area contributed by atoms with Gasteiger partial charge in [0, 0.05) is 18.6 Å². The quantitative estimate of drug-likeness (QED) is 0.536. The van der Waals surface area contributed by atoms with Crippen LogP contribution in [0.3, 0.4) is 0 Å². The monoisotopic (exact) mass is 275 g/mol. The van der Waals surface area contributed by atoms with E-state index in [2.05, 4.69) is 37.5 Å². The van der Waals surface area contributed by atoms with Crippen LogP contribution in [0, 0.1) is 0 Å². The number of nitrogens with zero attached hydrogens (tertiary/aromatic N) is 1. The Hall–Kier alpha value is -1.61. The maximum absolute atomic E-state index is 11.6. The second-order valence-electron chi connectivity index (χ2n) is 4.93. The summed E-state index contributed by atoms with van der Waals surface area (Å²) in [6.45, 7) is 11.0. The lowest BCUT2D eigenvalue weighted by molar-refractivity contribution is -0.144. The molecule has 0 heterocycles. The predicted molar refractivity (Wildman–Crippen MR) is 82.5 cm³/mol. The Bertz CT molecular complexity index is 416. The van der Waals surface area contributed by atoms with Gasteiger partial charge in [-0.2, -0.15) is 0 Å². The van der Waals surface area contributed by atoms with Crippen molar-refractivity contribution in [2.24, 2.45) is 0 Å². The number of rotatable bonds is 8. The van der Waals surface area contributed by atoms with Crippen molar-refractivity contribution in [2.45, 2.75) is 39.3 Å². The second kappa shape index (κ2) is 8.54. The molecule has 20 heavy (non-hydrogen) atoms. The van der Waals surface area contributed by atoms with Gasteiger partial charge in [0.05, 0.1) is 13.0 Å².